The second-order valence-corrected chi connectivity index (χ2v) is 4.92. The zero-order valence-corrected chi connectivity index (χ0v) is 12.2. The van der Waals surface area contributed by atoms with Crippen molar-refractivity contribution in [3.8, 4) is 5.75 Å². The Labute approximate surface area is 127 Å². The number of ketones is 1. The predicted octanol–water partition coefficient (Wildman–Crippen LogP) is 2.17. The van der Waals surface area contributed by atoms with Crippen LogP contribution in [0.1, 0.15) is 17.2 Å². The lowest BCUT2D eigenvalue weighted by Gasteiger charge is -2.13. The highest BCUT2D eigenvalue weighted by Gasteiger charge is 2.20. The minimum atomic E-state index is -1.21. The summed E-state index contributed by atoms with van der Waals surface area (Å²) in [4.78, 5) is 16.0. The van der Waals surface area contributed by atoms with Gasteiger partial charge >= 0.3 is 0 Å². The number of ether oxygens (including phenoxy) is 1. The van der Waals surface area contributed by atoms with E-state index in [1.54, 1.807) is 24.3 Å². The maximum atomic E-state index is 12.2. The average molecular weight is 307 g/mol. The number of nitrogens with zero attached hydrogens (tertiary/aromatic N) is 1. The summed E-state index contributed by atoms with van der Waals surface area (Å²) in [5, 5.41) is 10.4. The highest BCUT2D eigenvalue weighted by atomic mass is 35.5. The molecule has 0 bridgehead atoms. The molecular weight excluding hydrogens is 292 g/mol. The molecule has 1 heterocycles. The van der Waals surface area contributed by atoms with Gasteiger partial charge in [-0.2, -0.15) is 0 Å². The van der Waals surface area contributed by atoms with Crippen LogP contribution >= 0.6 is 11.6 Å². The van der Waals surface area contributed by atoms with Crippen LogP contribution in [-0.2, 0) is 11.2 Å². The second-order valence-electron chi connectivity index (χ2n) is 4.51. The van der Waals surface area contributed by atoms with E-state index in [-0.39, 0.29) is 12.2 Å². The van der Waals surface area contributed by atoms with E-state index in [2.05, 4.69) is 4.98 Å². The summed E-state index contributed by atoms with van der Waals surface area (Å²) in [5.74, 6) is 0.104. The first kappa shape index (κ1) is 15.3. The minimum absolute atomic E-state index is 0.00728. The van der Waals surface area contributed by atoms with Gasteiger partial charge < -0.3 is 15.6 Å². The summed E-state index contributed by atoms with van der Waals surface area (Å²) in [7, 11) is 1.48. The number of anilines is 1. The van der Waals surface area contributed by atoms with Gasteiger partial charge in [-0.15, -0.1) is 0 Å². The molecule has 0 fully saturated rings. The lowest BCUT2D eigenvalue weighted by Crippen LogP contribution is -2.15. The van der Waals surface area contributed by atoms with Crippen molar-refractivity contribution in [3.05, 3.63) is 52.8 Å². The van der Waals surface area contributed by atoms with Crippen molar-refractivity contribution in [2.75, 3.05) is 12.8 Å². The molecule has 21 heavy (non-hydrogen) atoms. The van der Waals surface area contributed by atoms with Crippen molar-refractivity contribution < 1.29 is 14.6 Å². The summed E-state index contributed by atoms with van der Waals surface area (Å²) in [6.45, 7) is 0. The maximum absolute atomic E-state index is 12.2. The highest BCUT2D eigenvalue weighted by Crippen LogP contribution is 2.30. The Bertz CT molecular complexity index is 647. The molecule has 0 amide bonds. The number of carbonyl (C=O) groups excluding carboxylic acids is 1. The minimum Gasteiger partial charge on any atom is -0.496 e. The molecule has 2 rings (SSSR count). The van der Waals surface area contributed by atoms with Gasteiger partial charge in [0.2, 0.25) is 0 Å². The summed E-state index contributed by atoms with van der Waals surface area (Å²) in [6.07, 6.45) is 1.82. The van der Waals surface area contributed by atoms with Crippen LogP contribution in [0.15, 0.2) is 36.7 Å². The molecule has 3 N–H and O–H groups in total. The molecule has 110 valence electrons. The molecular formula is C15H15ClN2O3. The molecule has 0 spiro atoms. The number of pyridine rings is 1. The summed E-state index contributed by atoms with van der Waals surface area (Å²) < 4.78 is 5.18. The molecule has 2 aromatic rings. The van der Waals surface area contributed by atoms with Crippen LogP contribution in [0, 0.1) is 0 Å². The quantitative estimate of drug-likeness (QED) is 0.827. The second kappa shape index (κ2) is 6.56. The zero-order chi connectivity index (χ0) is 15.4. The lowest BCUT2D eigenvalue weighted by molar-refractivity contribution is -0.126. The van der Waals surface area contributed by atoms with E-state index in [9.17, 15) is 9.90 Å². The van der Waals surface area contributed by atoms with Gasteiger partial charge in [0.1, 0.15) is 11.9 Å². The Morgan fingerprint density at radius 2 is 2.10 bits per heavy atom. The van der Waals surface area contributed by atoms with Crippen molar-refractivity contribution in [1.82, 2.24) is 4.98 Å². The zero-order valence-electron chi connectivity index (χ0n) is 11.4. The van der Waals surface area contributed by atoms with Crippen molar-refractivity contribution in [2.24, 2.45) is 0 Å². The highest BCUT2D eigenvalue weighted by molar-refractivity contribution is 6.33. The summed E-state index contributed by atoms with van der Waals surface area (Å²) in [6, 6.07) is 6.32. The van der Waals surface area contributed by atoms with E-state index in [0.717, 1.165) is 0 Å². The van der Waals surface area contributed by atoms with Crippen molar-refractivity contribution in [3.63, 3.8) is 0 Å². The molecule has 0 saturated heterocycles. The number of aliphatic hydroxyl groups excluding tert-OH is 1. The standard InChI is InChI=1S/C15H15ClN2O3/c1-21-14-8-12(17)11(16)6-10(14)7-13(19)15(20)9-2-4-18-5-3-9/h2-6,8,15,20H,7,17H2,1H3. The van der Waals surface area contributed by atoms with E-state index < -0.39 is 6.10 Å². The number of hydrogen-bond acceptors (Lipinski definition) is 5. The van der Waals surface area contributed by atoms with Gasteiger partial charge in [-0.1, -0.05) is 11.6 Å². The van der Waals surface area contributed by atoms with Crippen LogP contribution in [0.5, 0.6) is 5.75 Å². The van der Waals surface area contributed by atoms with Crippen molar-refractivity contribution in [1.29, 1.82) is 0 Å². The third-order valence-electron chi connectivity index (χ3n) is 3.09. The fourth-order valence-electron chi connectivity index (χ4n) is 1.95. The van der Waals surface area contributed by atoms with E-state index in [0.29, 0.717) is 27.6 Å². The fraction of sp³-hybridized carbons (Fsp3) is 0.200. The monoisotopic (exact) mass is 306 g/mol. The van der Waals surface area contributed by atoms with Crippen LogP contribution in [0.2, 0.25) is 5.02 Å². The third kappa shape index (κ3) is 3.51. The van der Waals surface area contributed by atoms with Gasteiger partial charge in [-0.05, 0) is 23.8 Å². The Morgan fingerprint density at radius 1 is 1.43 bits per heavy atom. The molecule has 1 unspecified atom stereocenters. The number of hydrogen-bond donors (Lipinski definition) is 2. The smallest absolute Gasteiger partial charge is 0.170 e. The number of rotatable bonds is 5. The molecule has 0 aliphatic heterocycles. The first-order valence-corrected chi connectivity index (χ1v) is 6.63. The normalized spacial score (nSPS) is 12.0. The number of benzene rings is 1. The molecule has 6 heteroatoms. The molecule has 0 saturated carbocycles. The molecule has 1 aromatic carbocycles. The van der Waals surface area contributed by atoms with Gasteiger partial charge in [0.05, 0.1) is 17.8 Å². The van der Waals surface area contributed by atoms with Crippen LogP contribution in [0.25, 0.3) is 0 Å². The number of halogens is 1. The van der Waals surface area contributed by atoms with Crippen LogP contribution < -0.4 is 10.5 Å². The lowest BCUT2D eigenvalue weighted by atomic mass is 10.00. The molecule has 0 aliphatic rings. The number of nitrogens with two attached hydrogens (primary N) is 1. The van der Waals surface area contributed by atoms with Gasteiger partial charge in [-0.25, -0.2) is 0 Å². The number of methoxy groups -OCH3 is 1. The van der Waals surface area contributed by atoms with E-state index >= 15 is 0 Å². The van der Waals surface area contributed by atoms with Gasteiger partial charge in [-0.3, -0.25) is 9.78 Å². The Kier molecular flexibility index (Phi) is 4.77. The Balaban J connectivity index is 2.22. The first-order chi connectivity index (χ1) is 10.0. The van der Waals surface area contributed by atoms with Crippen LogP contribution in [-0.4, -0.2) is 23.0 Å². The predicted molar refractivity (Wildman–Crippen MR) is 80.3 cm³/mol. The topological polar surface area (TPSA) is 85.4 Å². The number of nitrogen functional groups attached to an aromatic ring is 1. The van der Waals surface area contributed by atoms with E-state index in [4.69, 9.17) is 22.1 Å². The SMILES string of the molecule is COc1cc(N)c(Cl)cc1CC(=O)C(O)c1ccncc1. The third-order valence-corrected chi connectivity index (χ3v) is 3.42. The molecule has 1 atom stereocenters. The van der Waals surface area contributed by atoms with Crippen LogP contribution in [0.4, 0.5) is 5.69 Å². The van der Waals surface area contributed by atoms with E-state index in [1.807, 2.05) is 0 Å². The van der Waals surface area contributed by atoms with Crippen LogP contribution in [0.3, 0.4) is 0 Å². The van der Waals surface area contributed by atoms with Gasteiger partial charge in [0, 0.05) is 30.4 Å². The Morgan fingerprint density at radius 3 is 2.71 bits per heavy atom. The summed E-state index contributed by atoms with van der Waals surface area (Å²) >= 11 is 5.96. The van der Waals surface area contributed by atoms with E-state index in [1.165, 1.54) is 19.5 Å². The number of carbonyl (C=O) groups is 1. The van der Waals surface area contributed by atoms with Crippen molar-refractivity contribution >= 4 is 23.1 Å². The molecule has 0 radical (unpaired) electrons. The van der Waals surface area contributed by atoms with Crippen molar-refractivity contribution in [2.45, 2.75) is 12.5 Å². The average Bonchev–Trinajstić information content (AvgIpc) is 2.50. The molecule has 0 aliphatic carbocycles. The summed E-state index contributed by atoms with van der Waals surface area (Å²) in [5.41, 5.74) is 7.14. The molecule has 1 aromatic heterocycles. The fourth-order valence-corrected chi connectivity index (χ4v) is 2.14. The Hall–Kier alpha value is -2.11. The molecule has 5 nitrogen and oxygen atoms in total. The maximum Gasteiger partial charge on any atom is 0.170 e. The number of aliphatic hydroxyl groups is 1. The number of aromatic nitrogens is 1. The number of Topliss-reactive ketones (excluding diaryl/α,β-unsaturated/α-hetero) is 1. The van der Waals surface area contributed by atoms with Gasteiger partial charge in [0.25, 0.3) is 0 Å². The van der Waals surface area contributed by atoms with Gasteiger partial charge in [0.15, 0.2) is 5.78 Å². The largest absolute Gasteiger partial charge is 0.496 e. The first-order valence-electron chi connectivity index (χ1n) is 6.25.